The molecule has 2 heterocycles. The molecule has 0 bridgehead atoms. The van der Waals surface area contributed by atoms with E-state index in [0.717, 1.165) is 53.2 Å². The van der Waals surface area contributed by atoms with E-state index in [1.807, 2.05) is 83.5 Å². The number of nitrogens with zero attached hydrogens (tertiary/aromatic N) is 2. The molecule has 0 spiro atoms. The number of benzene rings is 3. The third kappa shape index (κ3) is 3.71. The molecule has 0 saturated heterocycles. The third-order valence-corrected chi connectivity index (χ3v) is 5.80. The van der Waals surface area contributed by atoms with Gasteiger partial charge >= 0.3 is 0 Å². The number of anilines is 2. The van der Waals surface area contributed by atoms with Crippen molar-refractivity contribution >= 4 is 17.8 Å². The average molecular weight is 425 g/mol. The van der Waals surface area contributed by atoms with E-state index in [0.29, 0.717) is 17.9 Å². The Balaban J connectivity index is 1.44. The molecule has 1 aliphatic rings. The number of aromatic nitrogens is 2. The van der Waals surface area contributed by atoms with Crippen molar-refractivity contribution in [2.45, 2.75) is 19.1 Å². The van der Waals surface area contributed by atoms with Crippen molar-refractivity contribution in [1.82, 2.24) is 9.78 Å². The molecule has 3 N–H and O–H groups in total. The molecule has 5 rings (SSSR count). The lowest BCUT2D eigenvalue weighted by Crippen LogP contribution is -2.25. The maximum absolute atomic E-state index is 12.0. The van der Waals surface area contributed by atoms with Crippen LogP contribution in [0, 0.1) is 0 Å². The summed E-state index contributed by atoms with van der Waals surface area (Å²) in [5, 5.41) is 8.19. The minimum atomic E-state index is -0.0200. The molecule has 4 aromatic rings. The van der Waals surface area contributed by atoms with Crippen molar-refractivity contribution in [2.24, 2.45) is 0 Å². The van der Waals surface area contributed by atoms with Gasteiger partial charge in [-0.25, -0.2) is 4.68 Å². The van der Waals surface area contributed by atoms with Crippen LogP contribution in [0.5, 0.6) is 5.75 Å². The molecule has 0 amide bonds. The summed E-state index contributed by atoms with van der Waals surface area (Å²) >= 11 is 0. The first-order chi connectivity index (χ1) is 15.7. The Morgan fingerprint density at radius 1 is 1.03 bits per heavy atom. The standard InChI is InChI=1S/C26H24N4O2/c27-23-9-5-4-8-21(23)24-14-15-28-26-22(16-31)25(29-30(24)26)19-10-12-20(13-11-19)32-17-18-6-2-1-3-7-18/h1-13,16,24,28H,14-15,17,27H2. The zero-order chi connectivity index (χ0) is 21.9. The molecule has 3 aromatic carbocycles. The number of hydrogen-bond donors (Lipinski definition) is 2. The second kappa shape index (κ2) is 8.59. The normalized spacial score (nSPS) is 14.9. The molecule has 0 radical (unpaired) electrons. The van der Waals surface area contributed by atoms with Gasteiger partial charge in [-0.1, -0.05) is 48.5 Å². The van der Waals surface area contributed by atoms with E-state index in [4.69, 9.17) is 15.6 Å². The summed E-state index contributed by atoms with van der Waals surface area (Å²) in [5.41, 5.74) is 11.2. The van der Waals surface area contributed by atoms with Gasteiger partial charge < -0.3 is 15.8 Å². The number of nitrogen functional groups attached to an aromatic ring is 1. The lowest BCUT2D eigenvalue weighted by molar-refractivity contribution is 0.112. The van der Waals surface area contributed by atoms with E-state index in [1.54, 1.807) is 0 Å². The predicted molar refractivity (Wildman–Crippen MR) is 126 cm³/mol. The Morgan fingerprint density at radius 3 is 2.53 bits per heavy atom. The molecule has 0 saturated carbocycles. The van der Waals surface area contributed by atoms with Crippen LogP contribution in [0.3, 0.4) is 0 Å². The van der Waals surface area contributed by atoms with Gasteiger partial charge in [0.25, 0.3) is 0 Å². The zero-order valence-corrected chi connectivity index (χ0v) is 17.6. The largest absolute Gasteiger partial charge is 0.489 e. The number of nitrogens with one attached hydrogen (secondary N) is 1. The van der Waals surface area contributed by atoms with Gasteiger partial charge in [-0.3, -0.25) is 4.79 Å². The van der Waals surface area contributed by atoms with E-state index < -0.39 is 0 Å². The minimum Gasteiger partial charge on any atom is -0.489 e. The Labute approximate surface area is 186 Å². The Hall–Kier alpha value is -4.06. The van der Waals surface area contributed by atoms with Crippen molar-refractivity contribution in [3.05, 3.63) is 95.6 Å². The first kappa shape index (κ1) is 19.9. The van der Waals surface area contributed by atoms with Gasteiger partial charge in [0.15, 0.2) is 6.29 Å². The molecule has 1 unspecified atom stereocenters. The topological polar surface area (TPSA) is 82.2 Å². The number of para-hydroxylation sites is 1. The molecule has 1 atom stereocenters. The summed E-state index contributed by atoms with van der Waals surface area (Å²) in [6, 6.07) is 25.5. The minimum absolute atomic E-state index is 0.0200. The summed E-state index contributed by atoms with van der Waals surface area (Å²) in [6.07, 6.45) is 1.71. The summed E-state index contributed by atoms with van der Waals surface area (Å²) in [4.78, 5) is 12.0. The SMILES string of the molecule is Nc1ccccc1C1CCNc2c(C=O)c(-c3ccc(OCc4ccccc4)cc3)nn21. The molecule has 32 heavy (non-hydrogen) atoms. The van der Waals surface area contributed by atoms with Gasteiger partial charge in [0, 0.05) is 17.8 Å². The number of nitrogens with two attached hydrogens (primary N) is 1. The van der Waals surface area contributed by atoms with Gasteiger partial charge in [-0.15, -0.1) is 0 Å². The van der Waals surface area contributed by atoms with Crippen molar-refractivity contribution in [2.75, 3.05) is 17.6 Å². The van der Waals surface area contributed by atoms with Crippen LogP contribution < -0.4 is 15.8 Å². The van der Waals surface area contributed by atoms with Gasteiger partial charge in [0.1, 0.15) is 23.9 Å². The summed E-state index contributed by atoms with van der Waals surface area (Å²) in [5.74, 6) is 1.50. The van der Waals surface area contributed by atoms with Crippen LogP contribution in [0.15, 0.2) is 78.9 Å². The van der Waals surface area contributed by atoms with Gasteiger partial charge in [0.05, 0.1) is 11.6 Å². The van der Waals surface area contributed by atoms with Crippen molar-refractivity contribution in [3.8, 4) is 17.0 Å². The van der Waals surface area contributed by atoms with Crippen LogP contribution >= 0.6 is 0 Å². The Bertz CT molecular complexity index is 1230. The van der Waals surface area contributed by atoms with Crippen LogP contribution in [0.4, 0.5) is 11.5 Å². The summed E-state index contributed by atoms with van der Waals surface area (Å²) < 4.78 is 7.78. The monoisotopic (exact) mass is 424 g/mol. The zero-order valence-electron chi connectivity index (χ0n) is 17.6. The van der Waals surface area contributed by atoms with E-state index in [9.17, 15) is 4.79 Å². The van der Waals surface area contributed by atoms with Gasteiger partial charge in [-0.05, 0) is 47.9 Å². The van der Waals surface area contributed by atoms with Gasteiger partial charge in [-0.2, -0.15) is 5.10 Å². The van der Waals surface area contributed by atoms with Crippen LogP contribution in [-0.4, -0.2) is 22.6 Å². The van der Waals surface area contributed by atoms with Gasteiger partial charge in [0.2, 0.25) is 0 Å². The second-order valence-electron chi connectivity index (χ2n) is 7.83. The number of carbonyl (C=O) groups is 1. The summed E-state index contributed by atoms with van der Waals surface area (Å²) in [6.45, 7) is 1.25. The molecule has 1 aromatic heterocycles. The quantitative estimate of drug-likeness (QED) is 0.339. The Kier molecular flexibility index (Phi) is 5.34. The molecule has 0 fully saturated rings. The number of carbonyl (C=O) groups excluding carboxylic acids is 1. The molecule has 6 nitrogen and oxygen atoms in total. The molecule has 160 valence electrons. The van der Waals surface area contributed by atoms with E-state index >= 15 is 0 Å². The molecule has 1 aliphatic heterocycles. The number of rotatable bonds is 6. The summed E-state index contributed by atoms with van der Waals surface area (Å²) in [7, 11) is 0. The van der Waals surface area contributed by atoms with Crippen molar-refractivity contribution in [3.63, 3.8) is 0 Å². The number of fused-ring (bicyclic) bond motifs is 1. The second-order valence-corrected chi connectivity index (χ2v) is 7.83. The highest BCUT2D eigenvalue weighted by Gasteiger charge is 2.28. The number of hydrogen-bond acceptors (Lipinski definition) is 5. The maximum atomic E-state index is 12.0. The van der Waals surface area contributed by atoms with Crippen LogP contribution in [0.25, 0.3) is 11.3 Å². The fourth-order valence-corrected chi connectivity index (χ4v) is 4.17. The van der Waals surface area contributed by atoms with Crippen LogP contribution in [0.1, 0.15) is 33.9 Å². The Morgan fingerprint density at radius 2 is 1.78 bits per heavy atom. The van der Waals surface area contributed by atoms with E-state index in [1.165, 1.54) is 0 Å². The smallest absolute Gasteiger partial charge is 0.156 e. The highest BCUT2D eigenvalue weighted by molar-refractivity contribution is 5.92. The number of ether oxygens (including phenoxy) is 1. The van der Waals surface area contributed by atoms with E-state index in [2.05, 4.69) is 5.32 Å². The van der Waals surface area contributed by atoms with Crippen LogP contribution in [0.2, 0.25) is 0 Å². The first-order valence-electron chi connectivity index (χ1n) is 10.7. The first-order valence-corrected chi connectivity index (χ1v) is 10.7. The number of aldehydes is 1. The highest BCUT2D eigenvalue weighted by Crippen LogP contribution is 2.37. The predicted octanol–water partition coefficient (Wildman–Crippen LogP) is 4.93. The average Bonchev–Trinajstić information content (AvgIpc) is 3.23. The fraction of sp³-hybridized carbons (Fsp3) is 0.154. The molecular formula is C26H24N4O2. The molecule has 0 aliphatic carbocycles. The maximum Gasteiger partial charge on any atom is 0.156 e. The third-order valence-electron chi connectivity index (χ3n) is 5.80. The van der Waals surface area contributed by atoms with E-state index in [-0.39, 0.29) is 6.04 Å². The van der Waals surface area contributed by atoms with Crippen LogP contribution in [-0.2, 0) is 6.61 Å². The lowest BCUT2D eigenvalue weighted by Gasteiger charge is -2.27. The van der Waals surface area contributed by atoms with Crippen molar-refractivity contribution < 1.29 is 9.53 Å². The fourth-order valence-electron chi connectivity index (χ4n) is 4.17. The lowest BCUT2D eigenvalue weighted by atomic mass is 10.0. The molecule has 6 heteroatoms. The van der Waals surface area contributed by atoms with Crippen molar-refractivity contribution in [1.29, 1.82) is 0 Å². The highest BCUT2D eigenvalue weighted by atomic mass is 16.5. The molecular weight excluding hydrogens is 400 g/mol.